The normalized spacial score (nSPS) is 34.1. The Balaban J connectivity index is 2.36. The second-order valence-electron chi connectivity index (χ2n) is 6.91. The average molecular weight is 455 g/mol. The first-order valence-electron chi connectivity index (χ1n) is 10.5. The average Bonchev–Trinajstić information content (AvgIpc) is 2.73. The molecule has 160 valence electrons. The quantitative estimate of drug-likeness (QED) is 0.407. The predicted molar refractivity (Wildman–Crippen MR) is 113 cm³/mol. The molecule has 2 aliphatic heterocycles. The maximum atomic E-state index is 6.82. The number of fused-ring (bicyclic) bond motifs is 2. The summed E-state index contributed by atoms with van der Waals surface area (Å²) in [6.45, 7) is 13.6. The molecular weight excluding hydrogens is 417 g/mol. The molecule has 0 amide bonds. The third kappa shape index (κ3) is 7.08. The van der Waals surface area contributed by atoms with Gasteiger partial charge in [-0.05, 0) is 19.4 Å². The highest BCUT2D eigenvalue weighted by Gasteiger charge is 2.57. The van der Waals surface area contributed by atoms with Gasteiger partial charge in [-0.1, -0.05) is 40.5 Å². The summed E-state index contributed by atoms with van der Waals surface area (Å²) < 4.78 is 38.6. The van der Waals surface area contributed by atoms with Crippen molar-refractivity contribution in [1.82, 2.24) is 10.1 Å². The second kappa shape index (κ2) is 11.7. The van der Waals surface area contributed by atoms with Crippen molar-refractivity contribution in [3.63, 3.8) is 0 Å². The zero-order chi connectivity index (χ0) is 19.8. The van der Waals surface area contributed by atoms with E-state index in [0.29, 0.717) is 0 Å². The molecule has 3 unspecified atom stereocenters. The minimum atomic E-state index is -2.99. The molecule has 2 aliphatic rings. The molecule has 0 radical (unpaired) electrons. The van der Waals surface area contributed by atoms with Crippen molar-refractivity contribution in [2.75, 3.05) is 26.2 Å². The van der Waals surface area contributed by atoms with Gasteiger partial charge in [0.05, 0.1) is 0 Å². The Labute approximate surface area is 170 Å². The van der Waals surface area contributed by atoms with Gasteiger partial charge in [-0.15, -0.1) is 0 Å². The lowest BCUT2D eigenvalue weighted by molar-refractivity contribution is -0.128. The van der Waals surface area contributed by atoms with E-state index in [1.165, 1.54) is 0 Å². The highest BCUT2D eigenvalue weighted by Crippen LogP contribution is 2.34. The van der Waals surface area contributed by atoms with Gasteiger partial charge in [0.2, 0.25) is 0 Å². The standard InChI is InChI=1S/C15H38N2O6Si4/c1-6-16(7-2)18-26-14-12-10-11-13-15-27(23-26,19-17(8-3)9-4)22-25(5)20-24-21-26/h25H,6-15,24H2,1-5H3. The van der Waals surface area contributed by atoms with E-state index in [1.807, 2.05) is 16.7 Å². The van der Waals surface area contributed by atoms with E-state index >= 15 is 0 Å². The van der Waals surface area contributed by atoms with E-state index in [0.717, 1.165) is 64.0 Å². The van der Waals surface area contributed by atoms with Crippen molar-refractivity contribution in [1.29, 1.82) is 0 Å². The third-order valence-electron chi connectivity index (χ3n) is 4.90. The summed E-state index contributed by atoms with van der Waals surface area (Å²) >= 11 is 0. The second-order valence-corrected chi connectivity index (χ2v) is 16.6. The molecule has 2 fully saturated rings. The fourth-order valence-electron chi connectivity index (χ4n) is 3.34. The molecule has 0 aromatic carbocycles. The minimum absolute atomic E-state index is 0.788. The molecule has 12 heteroatoms. The van der Waals surface area contributed by atoms with E-state index in [2.05, 4.69) is 27.7 Å². The summed E-state index contributed by atoms with van der Waals surface area (Å²) in [6, 6.07) is 1.60. The Morgan fingerprint density at radius 3 is 1.93 bits per heavy atom. The van der Waals surface area contributed by atoms with Crippen molar-refractivity contribution >= 4 is 36.9 Å². The van der Waals surface area contributed by atoms with Crippen LogP contribution in [0, 0.1) is 0 Å². The van der Waals surface area contributed by atoms with Gasteiger partial charge in [-0.3, -0.25) is 9.05 Å². The summed E-state index contributed by atoms with van der Waals surface area (Å²) in [5.41, 5.74) is 0. The number of nitrogens with zero attached hydrogens (tertiary/aromatic N) is 2. The van der Waals surface area contributed by atoms with Crippen LogP contribution in [0.4, 0.5) is 0 Å². The maximum absolute atomic E-state index is 6.82. The van der Waals surface area contributed by atoms with Gasteiger partial charge in [-0.2, -0.15) is 10.1 Å². The molecule has 8 nitrogen and oxygen atoms in total. The molecular formula is C15H38N2O6Si4. The third-order valence-corrected chi connectivity index (χ3v) is 17.8. The van der Waals surface area contributed by atoms with Gasteiger partial charge in [0.25, 0.3) is 10.0 Å². The number of hydrogen-bond donors (Lipinski definition) is 0. The zero-order valence-corrected chi connectivity index (χ0v) is 22.3. The Kier molecular flexibility index (Phi) is 10.3. The summed E-state index contributed by atoms with van der Waals surface area (Å²) in [6.07, 6.45) is 4.41. The molecule has 0 saturated carbocycles. The lowest BCUT2D eigenvalue weighted by atomic mass is 10.2. The summed E-state index contributed by atoms with van der Waals surface area (Å²) in [7, 11) is -8.98. The van der Waals surface area contributed by atoms with Crippen LogP contribution in [0.3, 0.4) is 0 Å². The van der Waals surface area contributed by atoms with Crippen molar-refractivity contribution in [3.8, 4) is 0 Å². The van der Waals surface area contributed by atoms with E-state index in [9.17, 15) is 0 Å². The number of rotatable bonds is 8. The van der Waals surface area contributed by atoms with E-state index in [-0.39, 0.29) is 0 Å². The van der Waals surface area contributed by atoms with Crippen LogP contribution in [0.15, 0.2) is 0 Å². The Hall–Kier alpha value is 0.548. The summed E-state index contributed by atoms with van der Waals surface area (Å²) in [5, 5.41) is 3.89. The Morgan fingerprint density at radius 2 is 1.37 bits per heavy atom. The van der Waals surface area contributed by atoms with Gasteiger partial charge in [0, 0.05) is 38.3 Å². The van der Waals surface area contributed by atoms with Crippen LogP contribution >= 0.6 is 0 Å². The van der Waals surface area contributed by atoms with Crippen LogP contribution < -0.4 is 0 Å². The smallest absolute Gasteiger partial charge is 0.423 e. The fourth-order valence-corrected chi connectivity index (χ4v) is 17.3. The molecule has 2 bridgehead atoms. The van der Waals surface area contributed by atoms with Crippen LogP contribution in [-0.2, 0) is 25.5 Å². The molecule has 0 aromatic rings. The SMILES string of the molecule is CCN(CC)O[Si]12CCCCCC[Si](ON(CC)CC)(O[SiH](C)O[SiH2]O1)O2. The van der Waals surface area contributed by atoms with Crippen LogP contribution in [0.25, 0.3) is 0 Å². The summed E-state index contributed by atoms with van der Waals surface area (Å²) in [4.78, 5) is 0. The maximum Gasteiger partial charge on any atom is 0.501 e. The molecule has 2 saturated heterocycles. The molecule has 2 heterocycles. The Bertz CT molecular complexity index is 435. The number of hydrogen-bond acceptors (Lipinski definition) is 8. The van der Waals surface area contributed by atoms with Gasteiger partial charge in [0.15, 0.2) is 0 Å². The molecule has 0 spiro atoms. The molecule has 0 N–H and O–H groups in total. The molecule has 27 heavy (non-hydrogen) atoms. The fraction of sp³-hybridized carbons (Fsp3) is 1.00. The zero-order valence-electron chi connectivity index (χ0n) is 17.7. The topological polar surface area (TPSA) is 61.9 Å². The predicted octanol–water partition coefficient (Wildman–Crippen LogP) is 1.91. The molecule has 2 rings (SSSR count). The highest BCUT2D eigenvalue weighted by molar-refractivity contribution is 6.81. The van der Waals surface area contributed by atoms with Crippen molar-refractivity contribution in [2.24, 2.45) is 0 Å². The Morgan fingerprint density at radius 1 is 0.852 bits per heavy atom. The first-order chi connectivity index (χ1) is 13.0. The van der Waals surface area contributed by atoms with Crippen LogP contribution in [0.1, 0.15) is 53.4 Å². The van der Waals surface area contributed by atoms with Gasteiger partial charge in [-0.25, -0.2) is 0 Å². The highest BCUT2D eigenvalue weighted by atomic mass is 28.5. The van der Waals surface area contributed by atoms with Gasteiger partial charge >= 0.3 is 26.9 Å². The lowest BCUT2D eigenvalue weighted by Gasteiger charge is -2.43. The number of hydroxylamine groups is 4. The van der Waals surface area contributed by atoms with E-state index in [1.54, 1.807) is 0 Å². The van der Waals surface area contributed by atoms with Crippen LogP contribution in [0.2, 0.25) is 18.6 Å². The van der Waals surface area contributed by atoms with E-state index in [4.69, 9.17) is 25.5 Å². The van der Waals surface area contributed by atoms with Crippen molar-refractivity contribution < 1.29 is 25.5 Å². The molecule has 0 aliphatic carbocycles. The monoisotopic (exact) mass is 454 g/mol. The summed E-state index contributed by atoms with van der Waals surface area (Å²) in [5.74, 6) is 0. The van der Waals surface area contributed by atoms with Crippen molar-refractivity contribution in [2.45, 2.75) is 72.0 Å². The van der Waals surface area contributed by atoms with Gasteiger partial charge in [0.1, 0.15) is 0 Å². The largest absolute Gasteiger partial charge is 0.501 e. The molecule has 3 atom stereocenters. The lowest BCUT2D eigenvalue weighted by Crippen LogP contribution is -2.65. The van der Waals surface area contributed by atoms with Crippen LogP contribution in [-0.4, -0.2) is 73.2 Å². The minimum Gasteiger partial charge on any atom is -0.423 e. The first-order valence-corrected chi connectivity index (χ1v) is 17.6. The van der Waals surface area contributed by atoms with Gasteiger partial charge < -0.3 is 16.5 Å². The first kappa shape index (κ1) is 23.8. The van der Waals surface area contributed by atoms with E-state index < -0.39 is 36.9 Å². The molecule has 0 aromatic heterocycles. The van der Waals surface area contributed by atoms with Crippen molar-refractivity contribution in [3.05, 3.63) is 0 Å². The van der Waals surface area contributed by atoms with Crippen LogP contribution in [0.5, 0.6) is 0 Å².